The Kier molecular flexibility index (Phi) is 10.5. The fourth-order valence-corrected chi connectivity index (χ4v) is 8.49. The molecule has 0 radical (unpaired) electrons. The Balaban J connectivity index is 1.07. The maximum absolute atomic E-state index is 13.0. The summed E-state index contributed by atoms with van der Waals surface area (Å²) in [7, 11) is 1.32. The van der Waals surface area contributed by atoms with E-state index in [4.69, 9.17) is 36.0 Å². The third kappa shape index (κ3) is 7.71. The molecule has 2 N–H and O–H groups in total. The summed E-state index contributed by atoms with van der Waals surface area (Å²) < 4.78 is 17.6. The number of rotatable bonds is 9. The second-order valence-electron chi connectivity index (χ2n) is 14.7. The number of aromatic nitrogens is 4. The topological polar surface area (TPSA) is 140 Å². The molecular weight excluding hydrogens is 728 g/mol. The van der Waals surface area contributed by atoms with Crippen molar-refractivity contribution in [3.05, 3.63) is 94.5 Å². The first-order chi connectivity index (χ1) is 25.9. The summed E-state index contributed by atoms with van der Waals surface area (Å²) in [6.45, 7) is 8.48. The number of nitrogens with zero attached hydrogens (tertiary/aromatic N) is 5. The van der Waals surface area contributed by atoms with Crippen LogP contribution in [0.2, 0.25) is 5.02 Å². The monoisotopic (exact) mass is 770 g/mol. The molecule has 1 amide bonds. The van der Waals surface area contributed by atoms with Gasteiger partial charge >= 0.3 is 12.1 Å². The van der Waals surface area contributed by atoms with Crippen LogP contribution in [0.15, 0.2) is 76.9 Å². The Hall–Kier alpha value is -4.85. The number of carbonyl (C=O) groups is 2. The van der Waals surface area contributed by atoms with Gasteiger partial charge in [0, 0.05) is 41.4 Å². The van der Waals surface area contributed by atoms with E-state index in [0.29, 0.717) is 46.0 Å². The molecule has 12 nitrogen and oxygen atoms in total. The second-order valence-corrected chi connectivity index (χ2v) is 16.1. The Morgan fingerprint density at radius 3 is 2.50 bits per heavy atom. The largest absolute Gasteiger partial charge is 0.482 e. The van der Waals surface area contributed by atoms with Gasteiger partial charge in [0.15, 0.2) is 18.1 Å². The molecule has 1 aliphatic heterocycles. The summed E-state index contributed by atoms with van der Waals surface area (Å²) in [6, 6.07) is 17.3. The number of imidazole rings is 1. The fourth-order valence-electron chi connectivity index (χ4n) is 7.30. The number of hydrogen-bond donors (Lipinski definition) is 2. The van der Waals surface area contributed by atoms with E-state index in [1.807, 2.05) is 68.8 Å². The van der Waals surface area contributed by atoms with Gasteiger partial charge in [-0.15, -0.1) is 0 Å². The zero-order valence-electron chi connectivity index (χ0n) is 30.9. The van der Waals surface area contributed by atoms with Crippen LogP contribution in [-0.4, -0.2) is 68.9 Å². The molecular formula is C40H43ClN6O6S. The Labute approximate surface area is 323 Å². The average molecular weight is 771 g/mol. The van der Waals surface area contributed by atoms with E-state index in [2.05, 4.69) is 33.2 Å². The van der Waals surface area contributed by atoms with Crippen molar-refractivity contribution in [2.24, 2.45) is 5.41 Å². The van der Waals surface area contributed by atoms with Gasteiger partial charge in [0.05, 0.1) is 36.2 Å². The minimum atomic E-state index is -0.596. The molecule has 5 aromatic rings. The van der Waals surface area contributed by atoms with Crippen molar-refractivity contribution in [3.8, 4) is 17.0 Å². The standard InChI is InChI=1S/C40H43ClN6O6S/c1-24-37(54-31-14-17-47-21-29(43-36(47)33(31)41)25-10-12-27(13-11-25)52-23-32(49)51-5)44-30(22-48)35(42-24)46-18-15-40(16-19-46)20-26-8-6-7-9-28(26)34(40)45-38(50)53-39(2,3)4/h6-14,17,21,34,48H,15-16,18-20,22-23H2,1-5H3,(H,45,50)/t34-/m1/s1. The number of halogens is 1. The average Bonchev–Trinajstić information content (AvgIpc) is 3.72. The van der Waals surface area contributed by atoms with E-state index in [-0.39, 0.29) is 24.7 Å². The molecule has 1 atom stereocenters. The summed E-state index contributed by atoms with van der Waals surface area (Å²) in [5.74, 6) is 0.756. The molecule has 0 unspecified atom stereocenters. The number of hydrogen-bond acceptors (Lipinski definition) is 11. The number of fused-ring (bicyclic) bond motifs is 2. The Morgan fingerprint density at radius 1 is 1.06 bits per heavy atom. The number of nitrogens with one attached hydrogen (secondary N) is 1. The zero-order valence-corrected chi connectivity index (χ0v) is 32.5. The van der Waals surface area contributed by atoms with Crippen LogP contribution in [0, 0.1) is 12.3 Å². The van der Waals surface area contributed by atoms with Crippen LogP contribution in [0.4, 0.5) is 10.6 Å². The molecule has 1 spiro atoms. The number of pyridine rings is 1. The van der Waals surface area contributed by atoms with Gasteiger partial charge < -0.3 is 33.9 Å². The number of aliphatic hydroxyl groups is 1. The van der Waals surface area contributed by atoms with Crippen molar-refractivity contribution in [2.75, 3.05) is 31.7 Å². The van der Waals surface area contributed by atoms with Gasteiger partial charge in [-0.1, -0.05) is 47.6 Å². The third-order valence-corrected chi connectivity index (χ3v) is 11.6. The number of anilines is 1. The third-order valence-electron chi connectivity index (χ3n) is 9.94. The number of carbonyl (C=O) groups excluding carboxylic acids is 2. The molecule has 14 heteroatoms. The summed E-state index contributed by atoms with van der Waals surface area (Å²) >= 11 is 8.32. The molecule has 2 aliphatic rings. The van der Waals surface area contributed by atoms with Crippen molar-refractivity contribution in [3.63, 3.8) is 0 Å². The number of amides is 1. The lowest BCUT2D eigenvalue weighted by Gasteiger charge is -2.44. The Morgan fingerprint density at radius 2 is 1.80 bits per heavy atom. The summed E-state index contributed by atoms with van der Waals surface area (Å²) in [5, 5.41) is 14.8. The number of aryl methyl sites for hydroxylation is 1. The molecule has 54 heavy (non-hydrogen) atoms. The van der Waals surface area contributed by atoms with Gasteiger partial charge in [0.2, 0.25) is 0 Å². The van der Waals surface area contributed by atoms with Gasteiger partial charge in [0.1, 0.15) is 22.1 Å². The number of esters is 1. The maximum Gasteiger partial charge on any atom is 0.408 e. The van der Waals surface area contributed by atoms with Crippen LogP contribution < -0.4 is 15.0 Å². The lowest BCUT2D eigenvalue weighted by atomic mass is 9.72. The first-order valence-electron chi connectivity index (χ1n) is 17.8. The minimum absolute atomic E-state index is 0.165. The van der Waals surface area contributed by atoms with Crippen LogP contribution in [-0.2, 0) is 27.3 Å². The smallest absolute Gasteiger partial charge is 0.408 e. The number of piperidine rings is 1. The van der Waals surface area contributed by atoms with Crippen LogP contribution in [0.3, 0.4) is 0 Å². The normalized spacial score (nSPS) is 16.4. The fraction of sp³-hybridized carbons (Fsp3) is 0.375. The highest BCUT2D eigenvalue weighted by Crippen LogP contribution is 2.52. The Bertz CT molecular complexity index is 2200. The van der Waals surface area contributed by atoms with Crippen LogP contribution in [0.25, 0.3) is 16.9 Å². The van der Waals surface area contributed by atoms with E-state index in [9.17, 15) is 14.7 Å². The highest BCUT2D eigenvalue weighted by atomic mass is 35.5. The molecule has 3 aromatic heterocycles. The predicted molar refractivity (Wildman–Crippen MR) is 206 cm³/mol. The molecule has 1 saturated heterocycles. The zero-order chi connectivity index (χ0) is 38.2. The predicted octanol–water partition coefficient (Wildman–Crippen LogP) is 7.36. The molecule has 1 aliphatic carbocycles. The van der Waals surface area contributed by atoms with Crippen LogP contribution in [0.5, 0.6) is 5.75 Å². The number of ether oxygens (including phenoxy) is 3. The van der Waals surface area contributed by atoms with Crippen molar-refractivity contribution in [1.29, 1.82) is 0 Å². The van der Waals surface area contributed by atoms with E-state index in [0.717, 1.165) is 46.7 Å². The van der Waals surface area contributed by atoms with Gasteiger partial charge in [-0.3, -0.25) is 0 Å². The molecule has 0 saturated carbocycles. The summed E-state index contributed by atoms with van der Waals surface area (Å²) in [4.78, 5) is 42.0. The number of alkyl carbamates (subject to hydrolysis) is 1. The van der Waals surface area contributed by atoms with Gasteiger partial charge in [-0.2, -0.15) is 0 Å². The molecule has 1 fully saturated rings. The van der Waals surface area contributed by atoms with Crippen LogP contribution >= 0.6 is 23.4 Å². The van der Waals surface area contributed by atoms with E-state index in [1.54, 1.807) is 12.1 Å². The molecule has 7 rings (SSSR count). The summed E-state index contributed by atoms with van der Waals surface area (Å²) in [5.41, 5.74) is 5.02. The van der Waals surface area contributed by atoms with Crippen molar-refractivity contribution in [1.82, 2.24) is 24.7 Å². The van der Waals surface area contributed by atoms with Crippen LogP contribution in [0.1, 0.15) is 62.2 Å². The van der Waals surface area contributed by atoms with Crippen molar-refractivity contribution < 1.29 is 28.9 Å². The first kappa shape index (κ1) is 37.5. The number of methoxy groups -OCH3 is 1. The number of benzene rings is 2. The maximum atomic E-state index is 13.0. The van der Waals surface area contributed by atoms with E-state index >= 15 is 0 Å². The molecule has 0 bridgehead atoms. The quantitative estimate of drug-likeness (QED) is 0.145. The highest BCUT2D eigenvalue weighted by molar-refractivity contribution is 7.99. The lowest BCUT2D eigenvalue weighted by molar-refractivity contribution is -0.142. The second kappa shape index (κ2) is 15.1. The first-order valence-corrected chi connectivity index (χ1v) is 19.0. The van der Waals surface area contributed by atoms with Crippen molar-refractivity contribution >= 4 is 46.9 Å². The van der Waals surface area contributed by atoms with E-state index in [1.165, 1.54) is 24.4 Å². The van der Waals surface area contributed by atoms with Gasteiger partial charge in [-0.05, 0) is 88.4 Å². The molecule has 282 valence electrons. The van der Waals surface area contributed by atoms with Crippen molar-refractivity contribution in [2.45, 2.75) is 75.1 Å². The summed E-state index contributed by atoms with van der Waals surface area (Å²) in [6.07, 6.45) is 5.89. The highest BCUT2D eigenvalue weighted by Gasteiger charge is 2.49. The van der Waals surface area contributed by atoms with E-state index < -0.39 is 17.7 Å². The SMILES string of the molecule is COC(=O)COc1ccc(-c2cn3ccc(Sc4nc(CO)c(N5CCC6(CC5)Cc5ccccc5[C@H]6NC(=O)OC(C)(C)C)nc4C)c(Cl)c3n2)cc1. The van der Waals surface area contributed by atoms with Gasteiger partial charge in [0.25, 0.3) is 0 Å². The minimum Gasteiger partial charge on any atom is -0.482 e. The lowest BCUT2D eigenvalue weighted by Crippen LogP contribution is -2.48. The molecule has 2 aromatic carbocycles. The van der Waals surface area contributed by atoms with Gasteiger partial charge in [-0.25, -0.2) is 24.5 Å². The molecule has 4 heterocycles. The number of aliphatic hydroxyl groups excluding tert-OH is 1.